The molecule has 0 aliphatic rings. The zero-order chi connectivity index (χ0) is 21.4. The Hall–Kier alpha value is -4.14. The maximum absolute atomic E-state index is 5.89. The van der Waals surface area contributed by atoms with Crippen molar-refractivity contribution in [3.63, 3.8) is 0 Å². The van der Waals surface area contributed by atoms with Gasteiger partial charge in [0.2, 0.25) is 11.7 Å². The molecule has 0 saturated carbocycles. The number of hydrogen-bond donors (Lipinski definition) is 0. The van der Waals surface area contributed by atoms with Gasteiger partial charge in [0.05, 0.1) is 12.2 Å². The van der Waals surface area contributed by atoms with E-state index in [1.807, 2.05) is 63.2 Å². The average molecular weight is 413 g/mol. The van der Waals surface area contributed by atoms with Crippen molar-refractivity contribution in [2.45, 2.75) is 27.3 Å². The standard InChI is InChI=1S/C22H19N7O2/c1-13-7-6-8-16(11-13)21-24-18(15(3)30-21)12-29-14(2)19(26-28-29)22-25-20(27-31-22)17-9-4-5-10-23-17/h4-11H,12H2,1-3H3. The van der Waals surface area contributed by atoms with E-state index >= 15 is 0 Å². The highest BCUT2D eigenvalue weighted by atomic mass is 16.5. The third-order valence-corrected chi connectivity index (χ3v) is 4.96. The summed E-state index contributed by atoms with van der Waals surface area (Å²) in [4.78, 5) is 13.3. The van der Waals surface area contributed by atoms with Gasteiger partial charge in [-0.15, -0.1) is 5.10 Å². The van der Waals surface area contributed by atoms with Crippen molar-refractivity contribution in [2.24, 2.45) is 0 Å². The average Bonchev–Trinajstić information content (AvgIpc) is 3.49. The number of aromatic nitrogens is 7. The maximum atomic E-state index is 5.89. The van der Waals surface area contributed by atoms with Gasteiger partial charge < -0.3 is 8.94 Å². The lowest BCUT2D eigenvalue weighted by Crippen LogP contribution is -2.05. The molecule has 1 aromatic carbocycles. The molecule has 0 atom stereocenters. The van der Waals surface area contributed by atoms with E-state index in [1.165, 1.54) is 0 Å². The lowest BCUT2D eigenvalue weighted by Gasteiger charge is -2.00. The summed E-state index contributed by atoms with van der Waals surface area (Å²) in [5.74, 6) is 2.02. The summed E-state index contributed by atoms with van der Waals surface area (Å²) < 4.78 is 13.0. The highest BCUT2D eigenvalue weighted by Gasteiger charge is 2.20. The first kappa shape index (κ1) is 18.9. The minimum absolute atomic E-state index is 0.293. The first-order valence-corrected chi connectivity index (χ1v) is 9.77. The fourth-order valence-corrected chi connectivity index (χ4v) is 3.25. The fraction of sp³-hybridized carbons (Fsp3) is 0.182. The van der Waals surface area contributed by atoms with Gasteiger partial charge in [0.1, 0.15) is 17.1 Å². The molecule has 0 aliphatic heterocycles. The van der Waals surface area contributed by atoms with E-state index in [0.717, 1.165) is 28.3 Å². The normalized spacial score (nSPS) is 11.2. The van der Waals surface area contributed by atoms with Crippen LogP contribution in [0.15, 0.2) is 57.6 Å². The molecular formula is C22H19N7O2. The van der Waals surface area contributed by atoms with E-state index in [0.29, 0.717) is 35.5 Å². The number of hydrogen-bond acceptors (Lipinski definition) is 8. The van der Waals surface area contributed by atoms with Crippen LogP contribution in [0.4, 0.5) is 0 Å². The molecule has 0 amide bonds. The van der Waals surface area contributed by atoms with Gasteiger partial charge in [-0.3, -0.25) is 4.98 Å². The Morgan fingerprint density at radius 1 is 0.968 bits per heavy atom. The van der Waals surface area contributed by atoms with Crippen molar-refractivity contribution < 1.29 is 8.94 Å². The Morgan fingerprint density at radius 3 is 2.68 bits per heavy atom. The molecule has 0 bridgehead atoms. The van der Waals surface area contributed by atoms with Crippen molar-refractivity contribution in [1.29, 1.82) is 0 Å². The number of nitrogens with zero attached hydrogens (tertiary/aromatic N) is 7. The van der Waals surface area contributed by atoms with Crippen LogP contribution >= 0.6 is 0 Å². The van der Waals surface area contributed by atoms with Crippen LogP contribution in [-0.4, -0.2) is 35.1 Å². The van der Waals surface area contributed by atoms with E-state index in [2.05, 4.69) is 30.4 Å². The molecule has 154 valence electrons. The van der Waals surface area contributed by atoms with E-state index in [9.17, 15) is 0 Å². The van der Waals surface area contributed by atoms with Crippen LogP contribution in [0, 0.1) is 20.8 Å². The largest absolute Gasteiger partial charge is 0.441 e. The molecule has 0 unspecified atom stereocenters. The van der Waals surface area contributed by atoms with Gasteiger partial charge in [-0.05, 0) is 45.0 Å². The lowest BCUT2D eigenvalue weighted by molar-refractivity contribution is 0.430. The summed E-state index contributed by atoms with van der Waals surface area (Å²) in [6.45, 7) is 6.25. The molecule has 0 N–H and O–H groups in total. The zero-order valence-corrected chi connectivity index (χ0v) is 17.3. The van der Waals surface area contributed by atoms with E-state index in [1.54, 1.807) is 10.9 Å². The van der Waals surface area contributed by atoms with Gasteiger partial charge in [0, 0.05) is 11.8 Å². The van der Waals surface area contributed by atoms with Gasteiger partial charge >= 0.3 is 0 Å². The summed E-state index contributed by atoms with van der Waals surface area (Å²) in [5, 5.41) is 12.5. The number of aryl methyl sites for hydroxylation is 2. The number of rotatable bonds is 5. The highest BCUT2D eigenvalue weighted by Crippen LogP contribution is 2.25. The second-order valence-corrected chi connectivity index (χ2v) is 7.21. The van der Waals surface area contributed by atoms with Crippen molar-refractivity contribution in [1.82, 2.24) is 35.1 Å². The SMILES string of the molecule is Cc1cccc(-c2nc(Cn3nnc(-c4nc(-c5ccccn5)no4)c3C)c(C)o2)c1. The Bertz CT molecular complexity index is 1350. The molecule has 9 heteroatoms. The third kappa shape index (κ3) is 3.61. The van der Waals surface area contributed by atoms with Crippen molar-refractivity contribution in [3.8, 4) is 34.6 Å². The molecule has 9 nitrogen and oxygen atoms in total. The summed E-state index contributed by atoms with van der Waals surface area (Å²) in [5.41, 5.74) is 4.82. The van der Waals surface area contributed by atoms with Crippen LogP contribution in [0.2, 0.25) is 0 Å². The Labute approximate surface area is 177 Å². The molecule has 4 heterocycles. The number of benzene rings is 1. The molecule has 0 saturated heterocycles. The van der Waals surface area contributed by atoms with Crippen LogP contribution in [0.5, 0.6) is 0 Å². The van der Waals surface area contributed by atoms with Gasteiger partial charge in [0.25, 0.3) is 5.89 Å². The predicted octanol–water partition coefficient (Wildman–Crippen LogP) is 4.02. The molecule has 0 aliphatic carbocycles. The van der Waals surface area contributed by atoms with Crippen LogP contribution < -0.4 is 0 Å². The molecule has 5 rings (SSSR count). The lowest BCUT2D eigenvalue weighted by atomic mass is 10.1. The van der Waals surface area contributed by atoms with Crippen LogP contribution in [0.1, 0.15) is 22.7 Å². The van der Waals surface area contributed by atoms with Crippen molar-refractivity contribution in [3.05, 3.63) is 71.4 Å². The summed E-state index contributed by atoms with van der Waals surface area (Å²) in [6.07, 6.45) is 1.68. The second-order valence-electron chi connectivity index (χ2n) is 7.21. The maximum Gasteiger partial charge on any atom is 0.280 e. The molecular weight excluding hydrogens is 394 g/mol. The monoisotopic (exact) mass is 413 g/mol. The van der Waals surface area contributed by atoms with Crippen molar-refractivity contribution in [2.75, 3.05) is 0 Å². The molecule has 0 radical (unpaired) electrons. The fourth-order valence-electron chi connectivity index (χ4n) is 3.25. The first-order valence-electron chi connectivity index (χ1n) is 9.77. The second kappa shape index (κ2) is 7.60. The Morgan fingerprint density at radius 2 is 1.87 bits per heavy atom. The minimum Gasteiger partial charge on any atom is -0.441 e. The van der Waals surface area contributed by atoms with Gasteiger partial charge in [0.15, 0.2) is 5.69 Å². The summed E-state index contributed by atoms with van der Waals surface area (Å²) in [7, 11) is 0. The minimum atomic E-state index is 0.293. The van der Waals surface area contributed by atoms with Crippen LogP contribution in [-0.2, 0) is 6.54 Å². The third-order valence-electron chi connectivity index (χ3n) is 4.96. The molecule has 31 heavy (non-hydrogen) atoms. The smallest absolute Gasteiger partial charge is 0.280 e. The Balaban J connectivity index is 1.41. The summed E-state index contributed by atoms with van der Waals surface area (Å²) in [6, 6.07) is 13.6. The topological polar surface area (TPSA) is 109 Å². The van der Waals surface area contributed by atoms with Crippen LogP contribution in [0.3, 0.4) is 0 Å². The number of oxazole rings is 1. The molecule has 4 aromatic heterocycles. The van der Waals surface area contributed by atoms with E-state index < -0.39 is 0 Å². The van der Waals surface area contributed by atoms with E-state index in [4.69, 9.17) is 8.94 Å². The predicted molar refractivity (Wildman–Crippen MR) is 112 cm³/mol. The van der Waals surface area contributed by atoms with Crippen LogP contribution in [0.25, 0.3) is 34.6 Å². The molecule has 0 fully saturated rings. The Kier molecular flexibility index (Phi) is 4.62. The first-order chi connectivity index (χ1) is 15.1. The van der Waals surface area contributed by atoms with Gasteiger partial charge in [-0.25, -0.2) is 9.67 Å². The van der Waals surface area contributed by atoms with Gasteiger partial charge in [-0.2, -0.15) is 4.98 Å². The quantitative estimate of drug-likeness (QED) is 0.425. The summed E-state index contributed by atoms with van der Waals surface area (Å²) >= 11 is 0. The molecule has 0 spiro atoms. The van der Waals surface area contributed by atoms with E-state index in [-0.39, 0.29) is 0 Å². The molecule has 5 aromatic rings. The highest BCUT2D eigenvalue weighted by molar-refractivity contribution is 5.56. The van der Waals surface area contributed by atoms with Gasteiger partial charge in [-0.1, -0.05) is 34.1 Å². The number of pyridine rings is 1. The van der Waals surface area contributed by atoms with Crippen molar-refractivity contribution >= 4 is 0 Å². The zero-order valence-electron chi connectivity index (χ0n) is 17.3.